The summed E-state index contributed by atoms with van der Waals surface area (Å²) < 4.78 is 0. The normalized spacial score (nSPS) is 17.7. The smallest absolute Gasteiger partial charge is 0.266 e. The molecule has 1 heterocycles. The highest BCUT2D eigenvalue weighted by Gasteiger charge is 2.33. The maximum Gasteiger partial charge on any atom is 0.266 e. The van der Waals surface area contributed by atoms with Crippen LogP contribution in [0.25, 0.3) is 6.08 Å². The van der Waals surface area contributed by atoms with E-state index in [-0.39, 0.29) is 5.91 Å². The van der Waals surface area contributed by atoms with Crippen LogP contribution in [0.1, 0.15) is 19.4 Å². The third-order valence-electron chi connectivity index (χ3n) is 3.65. The molecule has 1 fully saturated rings. The Hall–Kier alpha value is -1.75. The minimum atomic E-state index is -0.0219. The van der Waals surface area contributed by atoms with Crippen LogP contribution in [0.3, 0.4) is 0 Å². The predicted octanol–water partition coefficient (Wildman–Crippen LogP) is 6.25. The average Bonchev–Trinajstić information content (AvgIpc) is 2.87. The van der Waals surface area contributed by atoms with E-state index in [2.05, 4.69) is 18.8 Å². The zero-order chi connectivity index (χ0) is 18.7. The minimum Gasteiger partial charge on any atom is -0.286 e. The van der Waals surface area contributed by atoms with Crippen LogP contribution in [0.15, 0.2) is 58.4 Å². The van der Waals surface area contributed by atoms with E-state index in [4.69, 9.17) is 23.2 Å². The second kappa shape index (κ2) is 8.30. The van der Waals surface area contributed by atoms with Crippen molar-refractivity contribution in [3.63, 3.8) is 0 Å². The van der Waals surface area contributed by atoms with Gasteiger partial charge in [0, 0.05) is 16.6 Å². The number of benzene rings is 2. The fourth-order valence-corrected chi connectivity index (χ4v) is 3.71. The lowest BCUT2D eigenvalue weighted by Crippen LogP contribution is -2.32. The van der Waals surface area contributed by atoms with Crippen molar-refractivity contribution < 1.29 is 4.79 Å². The fourth-order valence-electron chi connectivity index (χ4n) is 2.45. The summed E-state index contributed by atoms with van der Waals surface area (Å²) in [6.45, 7) is 4.79. The molecule has 6 heteroatoms. The van der Waals surface area contributed by atoms with Crippen LogP contribution in [0.5, 0.6) is 0 Å². The summed E-state index contributed by atoms with van der Waals surface area (Å²) in [5.41, 5.74) is 1.70. The van der Waals surface area contributed by atoms with Crippen molar-refractivity contribution in [2.75, 3.05) is 6.54 Å². The number of hydrogen-bond acceptors (Lipinski definition) is 3. The highest BCUT2D eigenvalue weighted by Crippen LogP contribution is 2.35. The van der Waals surface area contributed by atoms with Gasteiger partial charge in [-0.3, -0.25) is 9.69 Å². The van der Waals surface area contributed by atoms with Crippen molar-refractivity contribution in [3.05, 3.63) is 69.0 Å². The van der Waals surface area contributed by atoms with E-state index in [9.17, 15) is 4.79 Å². The fraction of sp³-hybridized carbons (Fsp3) is 0.200. The lowest BCUT2D eigenvalue weighted by Gasteiger charge is -2.17. The predicted molar refractivity (Wildman–Crippen MR) is 112 cm³/mol. The Morgan fingerprint density at radius 3 is 2.19 bits per heavy atom. The van der Waals surface area contributed by atoms with Crippen LogP contribution in [-0.2, 0) is 4.79 Å². The van der Waals surface area contributed by atoms with Crippen LogP contribution in [-0.4, -0.2) is 22.5 Å². The third-order valence-corrected chi connectivity index (χ3v) is 5.17. The van der Waals surface area contributed by atoms with E-state index in [0.717, 1.165) is 11.3 Å². The van der Waals surface area contributed by atoms with Gasteiger partial charge in [-0.1, -0.05) is 49.2 Å². The summed E-state index contributed by atoms with van der Waals surface area (Å²) in [5.74, 6) is 0.316. The number of carbonyl (C=O) groups is 1. The third kappa shape index (κ3) is 4.70. The summed E-state index contributed by atoms with van der Waals surface area (Å²) in [6.07, 6.45) is 1.88. The molecular weight excluding hydrogens is 387 g/mol. The molecule has 0 bridgehead atoms. The van der Waals surface area contributed by atoms with Crippen LogP contribution in [0, 0.1) is 5.92 Å². The number of rotatable bonds is 4. The first-order valence-electron chi connectivity index (χ1n) is 8.23. The Kier molecular flexibility index (Phi) is 6.07. The van der Waals surface area contributed by atoms with Crippen molar-refractivity contribution in [2.45, 2.75) is 13.8 Å². The SMILES string of the molecule is CC(C)CN1C(=O)/C(=C\c2ccc(Cl)cc2)SC1=Nc1ccc(Cl)cc1. The van der Waals surface area contributed by atoms with Gasteiger partial charge in [0.2, 0.25) is 0 Å². The molecule has 1 aliphatic rings. The number of amides is 1. The van der Waals surface area contributed by atoms with Gasteiger partial charge in [-0.15, -0.1) is 0 Å². The number of nitrogens with zero attached hydrogens (tertiary/aromatic N) is 2. The first kappa shape index (κ1) is 19.0. The van der Waals surface area contributed by atoms with E-state index in [1.54, 1.807) is 17.0 Å². The van der Waals surface area contributed by atoms with Crippen molar-refractivity contribution in [3.8, 4) is 0 Å². The quantitative estimate of drug-likeness (QED) is 0.563. The molecular formula is C20H18Cl2N2OS. The first-order chi connectivity index (χ1) is 12.4. The van der Waals surface area contributed by atoms with Crippen molar-refractivity contribution in [2.24, 2.45) is 10.9 Å². The standard InChI is InChI=1S/C20H18Cl2N2OS/c1-13(2)12-24-19(25)18(11-14-3-5-15(21)6-4-14)26-20(24)23-17-9-7-16(22)8-10-17/h3-11,13H,12H2,1-2H3/b18-11+,23-20?. The number of thioether (sulfide) groups is 1. The summed E-state index contributed by atoms with van der Waals surface area (Å²) in [6, 6.07) is 14.7. The maximum atomic E-state index is 12.9. The van der Waals surface area contributed by atoms with E-state index < -0.39 is 0 Å². The van der Waals surface area contributed by atoms with E-state index in [1.165, 1.54) is 11.8 Å². The molecule has 0 aliphatic carbocycles. The van der Waals surface area contributed by atoms with Gasteiger partial charge in [0.15, 0.2) is 5.17 Å². The summed E-state index contributed by atoms with van der Waals surface area (Å²) in [7, 11) is 0. The molecule has 134 valence electrons. The molecule has 0 spiro atoms. The van der Waals surface area contributed by atoms with Crippen LogP contribution >= 0.6 is 35.0 Å². The molecule has 1 aliphatic heterocycles. The number of carbonyl (C=O) groups excluding carboxylic acids is 1. The Morgan fingerprint density at radius 1 is 1.04 bits per heavy atom. The van der Waals surface area contributed by atoms with Gasteiger partial charge in [0.05, 0.1) is 10.6 Å². The number of halogens is 2. The molecule has 0 radical (unpaired) electrons. The Morgan fingerprint density at radius 2 is 1.62 bits per heavy atom. The molecule has 1 amide bonds. The molecule has 0 atom stereocenters. The monoisotopic (exact) mass is 404 g/mol. The summed E-state index contributed by atoms with van der Waals surface area (Å²) in [4.78, 5) is 19.9. The lowest BCUT2D eigenvalue weighted by molar-refractivity contribution is -0.122. The van der Waals surface area contributed by atoms with Gasteiger partial charge in [0.1, 0.15) is 0 Å². The molecule has 0 N–H and O–H groups in total. The molecule has 3 rings (SSSR count). The molecule has 26 heavy (non-hydrogen) atoms. The Bertz CT molecular complexity index is 858. The second-order valence-corrected chi connectivity index (χ2v) is 8.22. The zero-order valence-corrected chi connectivity index (χ0v) is 16.8. The second-order valence-electron chi connectivity index (χ2n) is 6.34. The largest absolute Gasteiger partial charge is 0.286 e. The van der Waals surface area contributed by atoms with Gasteiger partial charge in [-0.05, 0) is 65.7 Å². The number of hydrogen-bond donors (Lipinski definition) is 0. The molecule has 2 aromatic carbocycles. The van der Waals surface area contributed by atoms with E-state index in [0.29, 0.717) is 32.6 Å². The molecule has 0 unspecified atom stereocenters. The van der Waals surface area contributed by atoms with Gasteiger partial charge in [-0.25, -0.2) is 4.99 Å². The minimum absolute atomic E-state index is 0.0219. The number of aliphatic imine (C=N–C) groups is 1. The summed E-state index contributed by atoms with van der Waals surface area (Å²) in [5, 5.41) is 2.02. The topological polar surface area (TPSA) is 32.7 Å². The molecule has 0 saturated carbocycles. The van der Waals surface area contributed by atoms with Crippen molar-refractivity contribution in [1.82, 2.24) is 4.90 Å². The van der Waals surface area contributed by atoms with Crippen molar-refractivity contribution in [1.29, 1.82) is 0 Å². The van der Waals surface area contributed by atoms with E-state index in [1.807, 2.05) is 42.5 Å². The Balaban J connectivity index is 1.93. The molecule has 1 saturated heterocycles. The highest BCUT2D eigenvalue weighted by atomic mass is 35.5. The van der Waals surface area contributed by atoms with Gasteiger partial charge < -0.3 is 0 Å². The zero-order valence-electron chi connectivity index (χ0n) is 14.4. The summed E-state index contributed by atoms with van der Waals surface area (Å²) >= 11 is 13.3. The van der Waals surface area contributed by atoms with Gasteiger partial charge >= 0.3 is 0 Å². The number of amidine groups is 1. The lowest BCUT2D eigenvalue weighted by atomic mass is 10.2. The van der Waals surface area contributed by atoms with E-state index >= 15 is 0 Å². The van der Waals surface area contributed by atoms with Crippen LogP contribution in [0.2, 0.25) is 10.0 Å². The maximum absolute atomic E-state index is 12.9. The molecule has 3 nitrogen and oxygen atoms in total. The highest BCUT2D eigenvalue weighted by molar-refractivity contribution is 8.18. The Labute approximate surface area is 167 Å². The average molecular weight is 405 g/mol. The van der Waals surface area contributed by atoms with Gasteiger partial charge in [0.25, 0.3) is 5.91 Å². The molecule has 0 aromatic heterocycles. The molecule has 2 aromatic rings. The van der Waals surface area contributed by atoms with Crippen LogP contribution < -0.4 is 0 Å². The van der Waals surface area contributed by atoms with Gasteiger partial charge in [-0.2, -0.15) is 0 Å². The first-order valence-corrected chi connectivity index (χ1v) is 9.81. The van der Waals surface area contributed by atoms with Crippen molar-refractivity contribution >= 4 is 57.8 Å². The van der Waals surface area contributed by atoms with Crippen LogP contribution in [0.4, 0.5) is 5.69 Å².